The number of rotatable bonds is 2. The van der Waals surface area contributed by atoms with Crippen molar-refractivity contribution in [1.82, 2.24) is 9.78 Å². The first-order chi connectivity index (χ1) is 6.76. The molecule has 74 valence electrons. The number of phenolic OH excluding ortho intramolecular Hbond substituents is 1. The Balaban J connectivity index is 2.74. The van der Waals surface area contributed by atoms with Crippen LogP contribution >= 0.6 is 15.9 Å². The average molecular weight is 255 g/mol. The van der Waals surface area contributed by atoms with Crippen LogP contribution in [0, 0.1) is 0 Å². The Morgan fingerprint density at radius 2 is 2.29 bits per heavy atom. The maximum Gasteiger partial charge on any atom is 0.116 e. The third-order valence-electron chi connectivity index (χ3n) is 2.26. The van der Waals surface area contributed by atoms with Crippen LogP contribution < -0.4 is 0 Å². The molecule has 1 N–H and O–H groups in total. The van der Waals surface area contributed by atoms with Gasteiger partial charge >= 0.3 is 0 Å². The third kappa shape index (κ3) is 1.39. The summed E-state index contributed by atoms with van der Waals surface area (Å²) in [5.74, 6) is 0.287. The zero-order chi connectivity index (χ0) is 10.1. The smallest absolute Gasteiger partial charge is 0.116 e. The topological polar surface area (TPSA) is 38.0 Å². The van der Waals surface area contributed by atoms with Gasteiger partial charge in [0.25, 0.3) is 0 Å². The van der Waals surface area contributed by atoms with Crippen LogP contribution in [0.3, 0.4) is 0 Å². The summed E-state index contributed by atoms with van der Waals surface area (Å²) in [5, 5.41) is 15.6. The molecule has 0 spiro atoms. The second-order valence-electron chi connectivity index (χ2n) is 3.10. The summed E-state index contributed by atoms with van der Waals surface area (Å²) in [6.45, 7) is 2.90. The number of aromatic hydroxyl groups is 1. The van der Waals surface area contributed by atoms with Gasteiger partial charge in [0.05, 0.1) is 11.2 Å². The van der Waals surface area contributed by atoms with Gasteiger partial charge < -0.3 is 5.11 Å². The normalized spacial score (nSPS) is 11.0. The molecule has 0 radical (unpaired) electrons. The van der Waals surface area contributed by atoms with Crippen LogP contribution in [0.25, 0.3) is 10.9 Å². The van der Waals surface area contributed by atoms with Gasteiger partial charge in [-0.2, -0.15) is 5.10 Å². The number of aromatic nitrogens is 2. The second-order valence-corrected chi connectivity index (χ2v) is 3.66. The van der Waals surface area contributed by atoms with E-state index < -0.39 is 0 Å². The van der Waals surface area contributed by atoms with Crippen LogP contribution in [-0.2, 0) is 11.9 Å². The number of hydrogen-bond donors (Lipinski definition) is 1. The van der Waals surface area contributed by atoms with Crippen molar-refractivity contribution in [3.8, 4) is 5.75 Å². The minimum absolute atomic E-state index is 0.287. The molecule has 0 aliphatic carbocycles. The zero-order valence-corrected chi connectivity index (χ0v) is 9.45. The highest BCUT2D eigenvalue weighted by Crippen LogP contribution is 2.24. The molecule has 1 aromatic carbocycles. The van der Waals surface area contributed by atoms with Crippen molar-refractivity contribution >= 4 is 26.8 Å². The Bertz CT molecular complexity index is 464. The van der Waals surface area contributed by atoms with Crippen LogP contribution in [0.1, 0.15) is 12.6 Å². The van der Waals surface area contributed by atoms with E-state index in [1.165, 1.54) is 0 Å². The molecular weight excluding hydrogens is 244 g/mol. The predicted octanol–water partition coefficient (Wildman–Crippen LogP) is 2.66. The van der Waals surface area contributed by atoms with E-state index in [9.17, 15) is 5.11 Å². The summed E-state index contributed by atoms with van der Waals surface area (Å²) >= 11 is 3.43. The van der Waals surface area contributed by atoms with E-state index in [4.69, 9.17) is 0 Å². The van der Waals surface area contributed by atoms with Gasteiger partial charge in [0, 0.05) is 17.3 Å². The summed E-state index contributed by atoms with van der Waals surface area (Å²) in [6, 6.07) is 5.25. The first-order valence-corrected chi connectivity index (χ1v) is 5.62. The standard InChI is InChI=1S/C10H11BrN2O/c1-2-13-10(6-11)8-5-7(14)3-4-9(8)12-13/h3-5,14H,2,6H2,1H3. The lowest BCUT2D eigenvalue weighted by Crippen LogP contribution is -2.00. The Labute approximate surface area is 90.5 Å². The van der Waals surface area contributed by atoms with E-state index in [2.05, 4.69) is 28.0 Å². The molecule has 2 aromatic rings. The number of phenols is 1. The van der Waals surface area contributed by atoms with Crippen LogP contribution in [-0.4, -0.2) is 14.9 Å². The molecule has 0 fully saturated rings. The van der Waals surface area contributed by atoms with E-state index in [1.54, 1.807) is 12.1 Å². The fourth-order valence-electron chi connectivity index (χ4n) is 1.57. The molecule has 4 heteroatoms. The lowest BCUT2D eigenvalue weighted by molar-refractivity contribution is 0.476. The Hall–Kier alpha value is -1.03. The average Bonchev–Trinajstić information content (AvgIpc) is 2.54. The van der Waals surface area contributed by atoms with E-state index in [1.807, 2.05) is 10.7 Å². The number of fused-ring (bicyclic) bond motifs is 1. The molecule has 1 heterocycles. The fourth-order valence-corrected chi connectivity index (χ4v) is 2.17. The van der Waals surface area contributed by atoms with Crippen molar-refractivity contribution in [1.29, 1.82) is 0 Å². The van der Waals surface area contributed by atoms with Gasteiger partial charge in [-0.25, -0.2) is 0 Å². The van der Waals surface area contributed by atoms with Crippen LogP contribution in [0.4, 0.5) is 0 Å². The molecule has 14 heavy (non-hydrogen) atoms. The van der Waals surface area contributed by atoms with Crippen molar-refractivity contribution in [3.63, 3.8) is 0 Å². The Kier molecular flexibility index (Phi) is 2.46. The SMILES string of the molecule is CCn1nc2ccc(O)cc2c1CBr. The molecule has 0 aliphatic heterocycles. The number of nitrogens with zero attached hydrogens (tertiary/aromatic N) is 2. The van der Waals surface area contributed by atoms with Gasteiger partial charge in [-0.05, 0) is 25.1 Å². The molecule has 1 aromatic heterocycles. The highest BCUT2D eigenvalue weighted by Gasteiger charge is 2.08. The molecule has 3 nitrogen and oxygen atoms in total. The molecule has 0 unspecified atom stereocenters. The third-order valence-corrected chi connectivity index (χ3v) is 2.79. The van der Waals surface area contributed by atoms with Gasteiger partial charge in [0.1, 0.15) is 5.75 Å². The molecule has 2 rings (SSSR count). The van der Waals surface area contributed by atoms with Gasteiger partial charge in [-0.1, -0.05) is 15.9 Å². The lowest BCUT2D eigenvalue weighted by atomic mass is 10.2. The van der Waals surface area contributed by atoms with Crippen LogP contribution in [0.5, 0.6) is 5.75 Å². The van der Waals surface area contributed by atoms with Crippen molar-refractivity contribution in [2.24, 2.45) is 0 Å². The maximum atomic E-state index is 9.38. The highest BCUT2D eigenvalue weighted by molar-refractivity contribution is 9.08. The largest absolute Gasteiger partial charge is 0.508 e. The number of aryl methyl sites for hydroxylation is 1. The first-order valence-electron chi connectivity index (χ1n) is 4.50. The van der Waals surface area contributed by atoms with Crippen LogP contribution in [0.15, 0.2) is 18.2 Å². The fraction of sp³-hybridized carbons (Fsp3) is 0.300. The molecular formula is C10H11BrN2O. The predicted molar refractivity (Wildman–Crippen MR) is 59.7 cm³/mol. The quantitative estimate of drug-likeness (QED) is 0.838. The van der Waals surface area contributed by atoms with E-state index >= 15 is 0 Å². The molecule has 0 bridgehead atoms. The summed E-state index contributed by atoms with van der Waals surface area (Å²) in [6.07, 6.45) is 0. The first kappa shape index (κ1) is 9.52. The molecule has 0 amide bonds. The van der Waals surface area contributed by atoms with Gasteiger partial charge in [0.15, 0.2) is 0 Å². The van der Waals surface area contributed by atoms with E-state index in [0.717, 1.165) is 28.5 Å². The van der Waals surface area contributed by atoms with Gasteiger partial charge in [-0.15, -0.1) is 0 Å². The van der Waals surface area contributed by atoms with Crippen molar-refractivity contribution in [2.75, 3.05) is 0 Å². The zero-order valence-electron chi connectivity index (χ0n) is 7.87. The number of benzene rings is 1. The van der Waals surface area contributed by atoms with E-state index in [-0.39, 0.29) is 5.75 Å². The summed E-state index contributed by atoms with van der Waals surface area (Å²) in [5.41, 5.74) is 2.04. The highest BCUT2D eigenvalue weighted by atomic mass is 79.9. The number of halogens is 1. The van der Waals surface area contributed by atoms with E-state index in [0.29, 0.717) is 0 Å². The van der Waals surface area contributed by atoms with Crippen LogP contribution in [0.2, 0.25) is 0 Å². The second kappa shape index (κ2) is 3.61. The molecule has 0 saturated heterocycles. The minimum Gasteiger partial charge on any atom is -0.508 e. The Morgan fingerprint density at radius 3 is 2.93 bits per heavy atom. The lowest BCUT2D eigenvalue weighted by Gasteiger charge is -1.99. The van der Waals surface area contributed by atoms with Crippen molar-refractivity contribution in [3.05, 3.63) is 23.9 Å². The maximum absolute atomic E-state index is 9.38. The summed E-state index contributed by atoms with van der Waals surface area (Å²) in [4.78, 5) is 0. The Morgan fingerprint density at radius 1 is 1.50 bits per heavy atom. The molecule has 0 aliphatic rings. The van der Waals surface area contributed by atoms with Crippen molar-refractivity contribution < 1.29 is 5.11 Å². The molecule has 0 atom stereocenters. The summed E-state index contributed by atoms with van der Waals surface area (Å²) in [7, 11) is 0. The summed E-state index contributed by atoms with van der Waals surface area (Å²) < 4.78 is 1.94. The van der Waals surface area contributed by atoms with Crippen molar-refractivity contribution in [2.45, 2.75) is 18.8 Å². The number of alkyl halides is 1. The molecule has 0 saturated carbocycles. The minimum atomic E-state index is 0.287. The number of hydrogen-bond acceptors (Lipinski definition) is 2. The van der Waals surface area contributed by atoms with Gasteiger partial charge in [0.2, 0.25) is 0 Å². The van der Waals surface area contributed by atoms with Gasteiger partial charge in [-0.3, -0.25) is 4.68 Å². The monoisotopic (exact) mass is 254 g/mol.